The van der Waals surface area contributed by atoms with Gasteiger partial charge in [0.1, 0.15) is 12.7 Å². The fourth-order valence-electron chi connectivity index (χ4n) is 8.69. The summed E-state index contributed by atoms with van der Waals surface area (Å²) in [5.41, 5.74) is 0. The quantitative estimate of drug-likeness (QED) is 0.0419. The number of nitrogens with one attached hydrogen (secondary N) is 1. The van der Waals surface area contributed by atoms with E-state index in [-0.39, 0.29) is 18.5 Å². The van der Waals surface area contributed by atoms with Gasteiger partial charge in [-0.15, -0.1) is 0 Å². The van der Waals surface area contributed by atoms with Gasteiger partial charge in [-0.2, -0.15) is 0 Å². The minimum atomic E-state index is -1.17. The maximum absolute atomic E-state index is 13.0. The Labute approximate surface area is 375 Å². The number of unbranched alkanes of at least 4 members (excludes halogenated alkanes) is 39. The summed E-state index contributed by atoms with van der Waals surface area (Å²) in [6.07, 6.45) is 52.4. The average Bonchev–Trinajstić information content (AvgIpc) is 3.25. The lowest BCUT2D eigenvalue weighted by Gasteiger charge is -2.27. The molecule has 0 bridgehead atoms. The minimum absolute atomic E-state index is 0.0984. The molecule has 0 radical (unpaired) electrons. The van der Waals surface area contributed by atoms with Gasteiger partial charge in [-0.3, -0.25) is 9.59 Å². The molecule has 0 fully saturated rings. The molecule has 0 aliphatic heterocycles. The first-order chi connectivity index (χ1) is 29.5. The molecule has 0 aromatic rings. The normalized spacial score (nSPS) is 13.1. The highest BCUT2D eigenvalue weighted by Gasteiger charge is 2.29. The van der Waals surface area contributed by atoms with Gasteiger partial charge in [-0.1, -0.05) is 278 Å². The van der Waals surface area contributed by atoms with Crippen LogP contribution in [0.4, 0.5) is 0 Å². The van der Waals surface area contributed by atoms with E-state index in [9.17, 15) is 19.8 Å². The van der Waals surface area contributed by atoms with E-state index in [1.54, 1.807) is 0 Å². The van der Waals surface area contributed by atoms with Gasteiger partial charge in [-0.25, -0.2) is 0 Å². The molecule has 0 spiro atoms. The van der Waals surface area contributed by atoms with Crippen molar-refractivity contribution in [2.45, 2.75) is 328 Å². The first kappa shape index (κ1) is 58.9. The second-order valence-electron chi connectivity index (χ2n) is 19.0. The smallest absolute Gasteiger partial charge is 0.305 e. The number of aliphatic hydroxyl groups is 2. The van der Waals surface area contributed by atoms with E-state index < -0.39 is 18.2 Å². The second-order valence-corrected chi connectivity index (χ2v) is 19.0. The van der Waals surface area contributed by atoms with Gasteiger partial charge >= 0.3 is 5.97 Å². The maximum Gasteiger partial charge on any atom is 0.305 e. The molecule has 0 aliphatic rings. The summed E-state index contributed by atoms with van der Waals surface area (Å²) < 4.78 is 5.62. The topological polar surface area (TPSA) is 95.9 Å². The number of amides is 1. The Balaban J connectivity index is 4.42. The Morgan fingerprint density at radius 3 is 0.967 bits per heavy atom. The van der Waals surface area contributed by atoms with E-state index in [0.29, 0.717) is 19.3 Å². The molecular weight excluding hydrogens is 743 g/mol. The molecule has 358 valence electrons. The Hall–Kier alpha value is -1.14. The lowest BCUT2D eigenvalue weighted by atomic mass is 9.99. The third-order valence-electron chi connectivity index (χ3n) is 12.9. The fourth-order valence-corrected chi connectivity index (χ4v) is 8.69. The van der Waals surface area contributed by atoms with Gasteiger partial charge in [-0.05, 0) is 19.3 Å². The first-order valence-electron chi connectivity index (χ1n) is 27.3. The highest BCUT2D eigenvalue weighted by Crippen LogP contribution is 2.18. The standard InChI is InChI=1S/C54H107NO5/c1-4-7-10-13-16-19-22-25-27-29-32-35-38-41-44-47-52(57)55-50(54(59)51(56)46-43-40-37-34-31-24-21-18-15-12-9-6-3)49-60-53(58)48-45-42-39-36-33-30-28-26-23-20-17-14-11-8-5-2/h50-51,54,56,59H,4-49H2,1-3H3,(H,55,57)/t50-,51+,54-/m0/s1. The molecule has 3 N–H and O–H groups in total. The van der Waals surface area contributed by atoms with Crippen LogP contribution in [0.1, 0.15) is 310 Å². The van der Waals surface area contributed by atoms with Crippen molar-refractivity contribution in [3.63, 3.8) is 0 Å². The number of carbonyl (C=O) groups excluding carboxylic acids is 2. The molecule has 6 heteroatoms. The summed E-state index contributed by atoms with van der Waals surface area (Å²) in [4.78, 5) is 25.7. The number of ether oxygens (including phenoxy) is 1. The molecule has 60 heavy (non-hydrogen) atoms. The zero-order valence-electron chi connectivity index (χ0n) is 40.9. The highest BCUT2D eigenvalue weighted by molar-refractivity contribution is 5.76. The number of hydrogen-bond donors (Lipinski definition) is 3. The van der Waals surface area contributed by atoms with E-state index in [1.807, 2.05) is 0 Å². The number of rotatable bonds is 50. The summed E-state index contributed by atoms with van der Waals surface area (Å²) in [7, 11) is 0. The van der Waals surface area contributed by atoms with Crippen molar-refractivity contribution in [2.24, 2.45) is 0 Å². The van der Waals surface area contributed by atoms with Crippen LogP contribution in [0.5, 0.6) is 0 Å². The third-order valence-corrected chi connectivity index (χ3v) is 12.9. The molecule has 0 heterocycles. The zero-order valence-corrected chi connectivity index (χ0v) is 40.9. The maximum atomic E-state index is 13.0. The van der Waals surface area contributed by atoms with Gasteiger partial charge in [0.15, 0.2) is 0 Å². The van der Waals surface area contributed by atoms with Gasteiger partial charge < -0.3 is 20.3 Å². The fraction of sp³-hybridized carbons (Fsp3) is 0.963. The second kappa shape index (κ2) is 48.9. The van der Waals surface area contributed by atoms with Crippen LogP contribution >= 0.6 is 0 Å². The zero-order chi connectivity index (χ0) is 43.8. The van der Waals surface area contributed by atoms with Crippen LogP contribution < -0.4 is 5.32 Å². The molecule has 1 amide bonds. The van der Waals surface area contributed by atoms with Crippen molar-refractivity contribution < 1.29 is 24.5 Å². The van der Waals surface area contributed by atoms with Crippen molar-refractivity contribution >= 4 is 11.9 Å². The Morgan fingerprint density at radius 2 is 0.650 bits per heavy atom. The van der Waals surface area contributed by atoms with Gasteiger partial charge in [0, 0.05) is 12.8 Å². The van der Waals surface area contributed by atoms with E-state index in [2.05, 4.69) is 26.1 Å². The van der Waals surface area contributed by atoms with Crippen molar-refractivity contribution in [3.8, 4) is 0 Å². The molecule has 0 rings (SSSR count). The molecule has 0 saturated carbocycles. The van der Waals surface area contributed by atoms with Crippen LogP contribution in [0, 0.1) is 0 Å². The van der Waals surface area contributed by atoms with Gasteiger partial charge in [0.05, 0.1) is 12.1 Å². The third kappa shape index (κ3) is 43.5. The minimum Gasteiger partial charge on any atom is -0.463 e. The molecule has 0 saturated heterocycles. The van der Waals surface area contributed by atoms with Crippen molar-refractivity contribution in [3.05, 3.63) is 0 Å². The van der Waals surface area contributed by atoms with Gasteiger partial charge in [0.2, 0.25) is 5.91 Å². The summed E-state index contributed by atoms with van der Waals surface area (Å²) in [6.45, 7) is 6.71. The highest BCUT2D eigenvalue weighted by atomic mass is 16.5. The Kier molecular flexibility index (Phi) is 48.0. The molecule has 0 aromatic carbocycles. The number of aliphatic hydroxyl groups excluding tert-OH is 2. The van der Waals surface area contributed by atoms with E-state index in [1.165, 1.54) is 212 Å². The predicted octanol–water partition coefficient (Wildman–Crippen LogP) is 16.4. The first-order valence-corrected chi connectivity index (χ1v) is 27.3. The summed E-state index contributed by atoms with van der Waals surface area (Å²) in [5.74, 6) is -0.418. The van der Waals surface area contributed by atoms with Crippen molar-refractivity contribution in [1.29, 1.82) is 0 Å². The monoisotopic (exact) mass is 850 g/mol. The number of esters is 1. The summed E-state index contributed by atoms with van der Waals surface area (Å²) in [6, 6.07) is -0.800. The SMILES string of the molecule is CCCCCCCCCCCCCCCCCC(=O)N[C@@H](COC(=O)CCCCCCCCCCCCCCCCC)[C@H](O)[C@H](O)CCCCCCCCCCCCCC. The Bertz CT molecular complexity index is 867. The van der Waals surface area contributed by atoms with Crippen LogP contribution in [0.15, 0.2) is 0 Å². The van der Waals surface area contributed by atoms with Crippen LogP contribution in [0.25, 0.3) is 0 Å². The predicted molar refractivity (Wildman–Crippen MR) is 260 cm³/mol. The van der Waals surface area contributed by atoms with Crippen LogP contribution in [-0.4, -0.2) is 46.9 Å². The summed E-state index contributed by atoms with van der Waals surface area (Å²) in [5, 5.41) is 25.1. The molecule has 0 aliphatic carbocycles. The van der Waals surface area contributed by atoms with E-state index >= 15 is 0 Å². The molecule has 0 aromatic heterocycles. The van der Waals surface area contributed by atoms with E-state index in [0.717, 1.165) is 57.8 Å². The van der Waals surface area contributed by atoms with Crippen LogP contribution in [0.3, 0.4) is 0 Å². The van der Waals surface area contributed by atoms with Crippen LogP contribution in [0.2, 0.25) is 0 Å². The van der Waals surface area contributed by atoms with Gasteiger partial charge in [0.25, 0.3) is 0 Å². The Morgan fingerprint density at radius 1 is 0.383 bits per heavy atom. The lowest BCUT2D eigenvalue weighted by Crippen LogP contribution is -2.51. The van der Waals surface area contributed by atoms with Crippen molar-refractivity contribution in [2.75, 3.05) is 6.61 Å². The van der Waals surface area contributed by atoms with Crippen molar-refractivity contribution in [1.82, 2.24) is 5.32 Å². The lowest BCUT2D eigenvalue weighted by molar-refractivity contribution is -0.147. The van der Waals surface area contributed by atoms with E-state index in [4.69, 9.17) is 4.74 Å². The number of carbonyl (C=O) groups is 2. The molecule has 6 nitrogen and oxygen atoms in total. The summed E-state index contributed by atoms with van der Waals surface area (Å²) >= 11 is 0. The molecule has 0 unspecified atom stereocenters. The van der Waals surface area contributed by atoms with Crippen LogP contribution in [-0.2, 0) is 14.3 Å². The number of hydrogen-bond acceptors (Lipinski definition) is 5. The molecular formula is C54H107NO5. The average molecular weight is 850 g/mol. The largest absolute Gasteiger partial charge is 0.463 e. The molecule has 3 atom stereocenters.